The number of nitrogens with two attached hydrogens (primary N) is 1. The lowest BCUT2D eigenvalue weighted by molar-refractivity contribution is -0.163. The van der Waals surface area contributed by atoms with Gasteiger partial charge < -0.3 is 35.5 Å². The van der Waals surface area contributed by atoms with Gasteiger partial charge in [0, 0.05) is 61.8 Å². The molecule has 0 aromatic rings. The third kappa shape index (κ3) is 5.41. The van der Waals surface area contributed by atoms with E-state index in [9.17, 15) is 29.4 Å². The zero-order valence-corrected chi connectivity index (χ0v) is 22.8. The Kier molecular flexibility index (Phi) is 8.68. The minimum atomic E-state index is -1.15. The van der Waals surface area contributed by atoms with E-state index >= 15 is 0 Å². The highest BCUT2D eigenvalue weighted by Crippen LogP contribution is 2.51. The van der Waals surface area contributed by atoms with E-state index in [0.717, 1.165) is 12.8 Å². The fourth-order valence-corrected chi connectivity index (χ4v) is 7.26. The van der Waals surface area contributed by atoms with Crippen LogP contribution in [0.3, 0.4) is 0 Å². The topological polar surface area (TPSA) is 172 Å². The lowest BCUT2D eigenvalue weighted by Crippen LogP contribution is -2.63. The first-order chi connectivity index (χ1) is 18.0. The van der Waals surface area contributed by atoms with Crippen LogP contribution < -0.4 is 5.73 Å². The Hall–Kier alpha value is -2.64. The second-order valence-electron chi connectivity index (χ2n) is 10.5. The number of carbonyl (C=O) groups excluding carboxylic acids is 3. The molecular weight excluding hydrogens is 512 g/mol. The van der Waals surface area contributed by atoms with Gasteiger partial charge in [-0.1, -0.05) is 6.92 Å². The average molecular weight is 551 g/mol. The largest absolute Gasteiger partial charge is 0.477 e. The van der Waals surface area contributed by atoms with Crippen molar-refractivity contribution in [2.45, 2.75) is 56.9 Å². The van der Waals surface area contributed by atoms with Gasteiger partial charge in [0.25, 0.3) is 0 Å². The normalized spacial score (nSPS) is 26.2. The summed E-state index contributed by atoms with van der Waals surface area (Å²) in [5.74, 6) is -2.09. The Morgan fingerprint density at radius 1 is 1.08 bits per heavy atom. The molecule has 4 heterocycles. The number of piperazine rings is 1. The lowest BCUT2D eigenvalue weighted by atomic mass is 9.79. The fraction of sp³-hybridized carbons (Fsp3) is 0.720. The molecule has 38 heavy (non-hydrogen) atoms. The fourth-order valence-electron chi connectivity index (χ4n) is 5.74. The van der Waals surface area contributed by atoms with E-state index in [1.54, 1.807) is 16.7 Å². The van der Waals surface area contributed by atoms with E-state index in [2.05, 4.69) is 0 Å². The van der Waals surface area contributed by atoms with Crippen molar-refractivity contribution >= 4 is 41.3 Å². The van der Waals surface area contributed by atoms with Crippen LogP contribution >= 0.6 is 11.8 Å². The molecule has 3 fully saturated rings. The first kappa shape index (κ1) is 28.4. The number of fused-ring (bicyclic) bond motifs is 1. The summed E-state index contributed by atoms with van der Waals surface area (Å²) in [6.07, 6.45) is 1.22. The number of hydrogen-bond acceptors (Lipinski definition) is 8. The molecule has 0 spiro atoms. The summed E-state index contributed by atoms with van der Waals surface area (Å²) < 4.78 is 0. The highest BCUT2D eigenvalue weighted by molar-refractivity contribution is 8.03. The first-order valence-corrected chi connectivity index (χ1v) is 14.2. The molecule has 3 saturated heterocycles. The standard InChI is InChI=1S/C25H38N6O6S/c1-14-21-20(15(2)32)24(35)31(21)22(25(36)37)23(14)38-16-12-30(13-16)17(27)11-19(34)29-9-7-28(8-10-29)18(33)5-3-4-6-26/h14-16,20-21,27,32H,3-13,26H2,1-2H3,(H,36,37)/t14-,15-,20-,21-/m1/s1. The summed E-state index contributed by atoms with van der Waals surface area (Å²) in [5, 5.41) is 28.2. The third-order valence-corrected chi connectivity index (χ3v) is 9.43. The molecule has 0 aliphatic carbocycles. The van der Waals surface area contributed by atoms with Gasteiger partial charge in [0.05, 0.1) is 24.5 Å². The van der Waals surface area contributed by atoms with Gasteiger partial charge in [0.15, 0.2) is 0 Å². The monoisotopic (exact) mass is 550 g/mol. The van der Waals surface area contributed by atoms with Gasteiger partial charge in [-0.05, 0) is 26.3 Å². The third-order valence-electron chi connectivity index (χ3n) is 7.98. The molecule has 4 rings (SSSR count). The maximum Gasteiger partial charge on any atom is 0.353 e. The van der Waals surface area contributed by atoms with Crippen molar-refractivity contribution in [3.8, 4) is 0 Å². The van der Waals surface area contributed by atoms with Crippen molar-refractivity contribution in [1.82, 2.24) is 19.6 Å². The summed E-state index contributed by atoms with van der Waals surface area (Å²) in [5.41, 5.74) is 5.49. The van der Waals surface area contributed by atoms with E-state index in [4.69, 9.17) is 11.1 Å². The molecule has 0 radical (unpaired) electrons. The number of carboxylic acid groups (broad SMARTS) is 1. The van der Waals surface area contributed by atoms with Crippen LogP contribution in [-0.4, -0.2) is 123 Å². The number of unbranched alkanes of at least 4 members (excludes halogenated alkanes) is 1. The summed E-state index contributed by atoms with van der Waals surface area (Å²) in [6, 6.07) is -0.343. The van der Waals surface area contributed by atoms with Crippen LogP contribution in [0.25, 0.3) is 0 Å². The van der Waals surface area contributed by atoms with Crippen LogP contribution in [0.5, 0.6) is 0 Å². The van der Waals surface area contributed by atoms with E-state index < -0.39 is 18.0 Å². The molecule has 0 aromatic carbocycles. The number of thioether (sulfide) groups is 1. The van der Waals surface area contributed by atoms with Crippen molar-refractivity contribution in [3.63, 3.8) is 0 Å². The lowest BCUT2D eigenvalue weighted by Gasteiger charge is -2.46. The molecule has 210 valence electrons. The minimum Gasteiger partial charge on any atom is -0.477 e. The molecule has 0 unspecified atom stereocenters. The van der Waals surface area contributed by atoms with Crippen molar-refractivity contribution in [1.29, 1.82) is 5.41 Å². The Morgan fingerprint density at radius 2 is 1.68 bits per heavy atom. The maximum atomic E-state index is 12.8. The molecular formula is C25H38N6O6S. The van der Waals surface area contributed by atoms with Gasteiger partial charge in [-0.25, -0.2) is 4.79 Å². The number of amides is 3. The first-order valence-electron chi connectivity index (χ1n) is 13.3. The number of aliphatic hydroxyl groups is 1. The molecule has 3 amide bonds. The second-order valence-corrected chi connectivity index (χ2v) is 11.9. The van der Waals surface area contributed by atoms with Gasteiger partial charge in [0.1, 0.15) is 11.5 Å². The molecule has 12 nitrogen and oxygen atoms in total. The number of β-lactam (4-membered cyclic amide) rings is 1. The molecule has 13 heteroatoms. The summed E-state index contributed by atoms with van der Waals surface area (Å²) in [6.45, 7) is 6.97. The zero-order valence-electron chi connectivity index (χ0n) is 22.0. The predicted molar refractivity (Wildman–Crippen MR) is 141 cm³/mol. The summed E-state index contributed by atoms with van der Waals surface area (Å²) >= 11 is 1.42. The Balaban J connectivity index is 1.23. The van der Waals surface area contributed by atoms with Gasteiger partial charge in [-0.15, -0.1) is 11.8 Å². The Bertz CT molecular complexity index is 1020. The van der Waals surface area contributed by atoms with E-state index in [-0.39, 0.29) is 52.9 Å². The molecule has 0 bridgehead atoms. The van der Waals surface area contributed by atoms with Crippen molar-refractivity contribution < 1.29 is 29.4 Å². The number of nitrogens with one attached hydrogen (secondary N) is 1. The number of aliphatic carboxylic acids is 1. The number of aliphatic hydroxyl groups excluding tert-OH is 1. The van der Waals surface area contributed by atoms with Gasteiger partial charge in [-0.2, -0.15) is 0 Å². The molecule has 4 aliphatic rings. The van der Waals surface area contributed by atoms with E-state index in [1.165, 1.54) is 16.7 Å². The number of hydrogen-bond donors (Lipinski definition) is 4. The number of likely N-dealkylation sites (tertiary alicyclic amines) is 1. The molecule has 0 saturated carbocycles. The quantitative estimate of drug-likeness (QED) is 0.124. The van der Waals surface area contributed by atoms with E-state index in [0.29, 0.717) is 57.1 Å². The van der Waals surface area contributed by atoms with Crippen molar-refractivity contribution in [3.05, 3.63) is 10.6 Å². The Labute approximate surface area is 226 Å². The number of rotatable bonds is 10. The summed E-state index contributed by atoms with van der Waals surface area (Å²) in [7, 11) is 0. The molecule has 0 aromatic heterocycles. The number of nitrogens with zero attached hydrogens (tertiary/aromatic N) is 4. The Morgan fingerprint density at radius 3 is 2.24 bits per heavy atom. The van der Waals surface area contributed by atoms with Crippen LogP contribution in [0.15, 0.2) is 10.6 Å². The maximum absolute atomic E-state index is 12.8. The average Bonchev–Trinajstić information content (AvgIpc) is 3.08. The predicted octanol–water partition coefficient (Wildman–Crippen LogP) is -0.275. The van der Waals surface area contributed by atoms with Crippen LogP contribution in [0.4, 0.5) is 0 Å². The number of carbonyl (C=O) groups is 4. The van der Waals surface area contributed by atoms with E-state index in [1.807, 2.05) is 11.8 Å². The number of carboxylic acids is 1. The zero-order chi connectivity index (χ0) is 27.7. The van der Waals surface area contributed by atoms with Crippen LogP contribution in [0.2, 0.25) is 0 Å². The van der Waals surface area contributed by atoms with Gasteiger partial charge >= 0.3 is 5.97 Å². The SMILES string of the molecule is C[C@@H](O)[C@H]1C(=O)N2C(C(=O)O)=C(SC3CN(C(=N)CC(=O)N4CCN(C(=O)CCCCN)CC4)C3)[C@H](C)[C@H]12. The molecule has 4 atom stereocenters. The highest BCUT2D eigenvalue weighted by Gasteiger charge is 2.60. The van der Waals surface area contributed by atoms with Gasteiger partial charge in [0.2, 0.25) is 17.7 Å². The smallest absolute Gasteiger partial charge is 0.353 e. The minimum absolute atomic E-state index is 0.00936. The van der Waals surface area contributed by atoms with Crippen molar-refractivity contribution in [2.24, 2.45) is 17.6 Å². The highest BCUT2D eigenvalue weighted by atomic mass is 32.2. The molecule has 5 N–H and O–H groups in total. The van der Waals surface area contributed by atoms with Gasteiger partial charge in [-0.3, -0.25) is 19.8 Å². The van der Waals surface area contributed by atoms with Crippen LogP contribution in [0.1, 0.15) is 39.5 Å². The van der Waals surface area contributed by atoms with Crippen LogP contribution in [-0.2, 0) is 19.2 Å². The second kappa shape index (κ2) is 11.6. The van der Waals surface area contributed by atoms with Crippen LogP contribution in [0, 0.1) is 17.2 Å². The summed E-state index contributed by atoms with van der Waals surface area (Å²) in [4.78, 5) is 56.8. The number of amidine groups is 1. The van der Waals surface area contributed by atoms with Crippen molar-refractivity contribution in [2.75, 3.05) is 45.8 Å². The molecule has 4 aliphatic heterocycles.